The largest absolute Gasteiger partial charge is 0.370 e. The van der Waals surface area contributed by atoms with Crippen molar-refractivity contribution in [2.45, 2.75) is 38.8 Å². The molecule has 2 amide bonds. The lowest BCUT2D eigenvalue weighted by Crippen LogP contribution is -2.50. The molecule has 7 nitrogen and oxygen atoms in total. The van der Waals surface area contributed by atoms with Crippen molar-refractivity contribution in [1.82, 2.24) is 4.90 Å². The molecule has 1 aliphatic carbocycles. The van der Waals surface area contributed by atoms with E-state index in [1.165, 1.54) is 0 Å². The highest BCUT2D eigenvalue weighted by Gasteiger charge is 2.36. The zero-order valence-corrected chi connectivity index (χ0v) is 16.2. The van der Waals surface area contributed by atoms with Gasteiger partial charge < -0.3 is 20.7 Å². The molecule has 7 heteroatoms. The minimum atomic E-state index is -0.319. The summed E-state index contributed by atoms with van der Waals surface area (Å²) in [4.78, 5) is 28.7. The molecule has 0 spiro atoms. The number of hydrogen-bond donors (Lipinski definition) is 2. The van der Waals surface area contributed by atoms with Crippen molar-refractivity contribution in [2.24, 2.45) is 11.7 Å². The van der Waals surface area contributed by atoms with Gasteiger partial charge in [-0.1, -0.05) is 13.8 Å². The first-order chi connectivity index (χ1) is 13.0. The lowest BCUT2D eigenvalue weighted by Gasteiger charge is -2.31. The average Bonchev–Trinajstić information content (AvgIpc) is 3.47. The average molecular weight is 374 g/mol. The van der Waals surface area contributed by atoms with Gasteiger partial charge in [0, 0.05) is 37.1 Å². The summed E-state index contributed by atoms with van der Waals surface area (Å²) in [5.74, 6) is 0.369. The third-order valence-corrected chi connectivity index (χ3v) is 4.95. The summed E-state index contributed by atoms with van der Waals surface area (Å²) in [6.45, 7) is 6.69. The van der Waals surface area contributed by atoms with Gasteiger partial charge in [0.25, 0.3) is 5.91 Å². The summed E-state index contributed by atoms with van der Waals surface area (Å²) in [5.41, 5.74) is 7.48. The molecular weight excluding hydrogens is 344 g/mol. The third kappa shape index (κ3) is 5.06. The molecular formula is C20H30N4O3. The Labute approximate surface area is 160 Å². The normalized spacial score (nSPS) is 18.9. The summed E-state index contributed by atoms with van der Waals surface area (Å²) >= 11 is 0. The van der Waals surface area contributed by atoms with Gasteiger partial charge in [-0.15, -0.1) is 0 Å². The maximum absolute atomic E-state index is 12.8. The van der Waals surface area contributed by atoms with Crippen LogP contribution >= 0.6 is 0 Å². The summed E-state index contributed by atoms with van der Waals surface area (Å²) in [6, 6.07) is 7.51. The number of morpholine rings is 1. The highest BCUT2D eigenvalue weighted by molar-refractivity contribution is 5.97. The van der Waals surface area contributed by atoms with Gasteiger partial charge in [0.2, 0.25) is 5.91 Å². The lowest BCUT2D eigenvalue weighted by molar-refractivity contribution is -0.125. The van der Waals surface area contributed by atoms with Crippen LogP contribution in [0.25, 0.3) is 0 Å². The predicted octanol–water partition coefficient (Wildman–Crippen LogP) is 1.44. The fourth-order valence-corrected chi connectivity index (χ4v) is 3.49. The quantitative estimate of drug-likeness (QED) is 0.719. The summed E-state index contributed by atoms with van der Waals surface area (Å²) in [5, 5.41) is 2.98. The van der Waals surface area contributed by atoms with E-state index in [2.05, 4.69) is 24.1 Å². The molecule has 2 fully saturated rings. The van der Waals surface area contributed by atoms with E-state index < -0.39 is 0 Å². The number of nitrogens with zero attached hydrogens (tertiary/aromatic N) is 2. The highest BCUT2D eigenvalue weighted by atomic mass is 16.5. The molecule has 1 aromatic rings. The van der Waals surface area contributed by atoms with Gasteiger partial charge in [-0.05, 0) is 43.0 Å². The van der Waals surface area contributed by atoms with Gasteiger partial charge in [0.15, 0.2) is 0 Å². The van der Waals surface area contributed by atoms with Crippen molar-refractivity contribution in [3.8, 4) is 0 Å². The number of anilines is 2. The molecule has 0 bridgehead atoms. The molecule has 0 unspecified atom stereocenters. The molecule has 2 aliphatic rings. The SMILES string of the molecule is CC(C)CN(C1CC1)[C@H](CN)C(=O)Nc1ccc(N2CCOCC2=O)cc1. The van der Waals surface area contributed by atoms with Gasteiger partial charge in [0.1, 0.15) is 12.6 Å². The van der Waals surface area contributed by atoms with E-state index in [0.29, 0.717) is 37.3 Å². The standard InChI is InChI=1S/C20H30N4O3/c1-14(2)12-24(17-7-8-17)18(11-21)20(26)22-15-3-5-16(6-4-15)23-9-10-27-13-19(23)25/h3-6,14,17-18H,7-13,21H2,1-2H3,(H,22,26)/t18-/m1/s1. The van der Waals surface area contributed by atoms with Crippen LogP contribution in [-0.4, -0.2) is 61.6 Å². The van der Waals surface area contributed by atoms with Gasteiger partial charge in [-0.2, -0.15) is 0 Å². The Morgan fingerprint density at radius 3 is 2.59 bits per heavy atom. The van der Waals surface area contributed by atoms with Crippen LogP contribution in [0.2, 0.25) is 0 Å². The van der Waals surface area contributed by atoms with Gasteiger partial charge in [0.05, 0.1) is 6.61 Å². The Hall–Kier alpha value is -1.96. The first-order valence-electron chi connectivity index (χ1n) is 9.74. The molecule has 3 N–H and O–H groups in total. The first-order valence-corrected chi connectivity index (χ1v) is 9.74. The van der Waals surface area contributed by atoms with Crippen LogP contribution in [0.15, 0.2) is 24.3 Å². The van der Waals surface area contributed by atoms with Crippen molar-refractivity contribution in [3.63, 3.8) is 0 Å². The number of carbonyl (C=O) groups excluding carboxylic acids is 2. The van der Waals surface area contributed by atoms with Crippen LogP contribution in [0.4, 0.5) is 11.4 Å². The Balaban J connectivity index is 1.64. The number of carbonyl (C=O) groups is 2. The number of nitrogens with one attached hydrogen (secondary N) is 1. The van der Waals surface area contributed by atoms with Crippen molar-refractivity contribution in [1.29, 1.82) is 0 Å². The maximum atomic E-state index is 12.8. The number of amides is 2. The number of nitrogens with two attached hydrogens (primary N) is 1. The van der Waals surface area contributed by atoms with Crippen LogP contribution in [0, 0.1) is 5.92 Å². The smallest absolute Gasteiger partial charge is 0.253 e. The van der Waals surface area contributed by atoms with Crippen LogP contribution in [0.3, 0.4) is 0 Å². The lowest BCUT2D eigenvalue weighted by atomic mass is 10.1. The van der Waals surface area contributed by atoms with Crippen molar-refractivity contribution >= 4 is 23.2 Å². The van der Waals surface area contributed by atoms with Crippen LogP contribution in [0.5, 0.6) is 0 Å². The van der Waals surface area contributed by atoms with E-state index in [1.54, 1.807) is 4.90 Å². The second kappa shape index (κ2) is 8.82. The van der Waals surface area contributed by atoms with Gasteiger partial charge >= 0.3 is 0 Å². The molecule has 1 aromatic carbocycles. The second-order valence-electron chi connectivity index (χ2n) is 7.71. The number of ether oxygens (including phenoxy) is 1. The molecule has 1 heterocycles. The van der Waals surface area contributed by atoms with E-state index in [0.717, 1.165) is 25.1 Å². The molecule has 1 aliphatic heterocycles. The second-order valence-corrected chi connectivity index (χ2v) is 7.71. The maximum Gasteiger partial charge on any atom is 0.253 e. The van der Waals surface area contributed by atoms with E-state index >= 15 is 0 Å². The fraction of sp³-hybridized carbons (Fsp3) is 0.600. The zero-order chi connectivity index (χ0) is 19.4. The predicted molar refractivity (Wildman–Crippen MR) is 106 cm³/mol. The Morgan fingerprint density at radius 2 is 2.04 bits per heavy atom. The topological polar surface area (TPSA) is 87.9 Å². The first kappa shape index (κ1) is 19.8. The molecule has 0 radical (unpaired) electrons. The molecule has 3 rings (SSSR count). The molecule has 1 atom stereocenters. The summed E-state index contributed by atoms with van der Waals surface area (Å²) < 4.78 is 5.16. The molecule has 0 aromatic heterocycles. The van der Waals surface area contributed by atoms with Crippen LogP contribution in [-0.2, 0) is 14.3 Å². The van der Waals surface area contributed by atoms with E-state index in [-0.39, 0.29) is 24.5 Å². The van der Waals surface area contributed by atoms with Crippen LogP contribution < -0.4 is 16.0 Å². The van der Waals surface area contributed by atoms with Crippen molar-refractivity contribution in [3.05, 3.63) is 24.3 Å². The van der Waals surface area contributed by atoms with E-state index in [4.69, 9.17) is 10.5 Å². The van der Waals surface area contributed by atoms with Gasteiger partial charge in [-0.3, -0.25) is 14.5 Å². The van der Waals surface area contributed by atoms with E-state index in [9.17, 15) is 9.59 Å². The van der Waals surface area contributed by atoms with E-state index in [1.807, 2.05) is 24.3 Å². The number of benzene rings is 1. The van der Waals surface area contributed by atoms with Crippen LogP contribution in [0.1, 0.15) is 26.7 Å². The molecule has 1 saturated heterocycles. The minimum absolute atomic E-state index is 0.0463. The summed E-state index contributed by atoms with van der Waals surface area (Å²) in [7, 11) is 0. The Bertz CT molecular complexity index is 658. The Kier molecular flexibility index (Phi) is 6.46. The monoisotopic (exact) mass is 374 g/mol. The third-order valence-electron chi connectivity index (χ3n) is 4.95. The highest BCUT2D eigenvalue weighted by Crippen LogP contribution is 2.29. The fourth-order valence-electron chi connectivity index (χ4n) is 3.49. The number of rotatable bonds is 8. The molecule has 1 saturated carbocycles. The Morgan fingerprint density at radius 1 is 1.33 bits per heavy atom. The number of hydrogen-bond acceptors (Lipinski definition) is 5. The van der Waals surface area contributed by atoms with Gasteiger partial charge in [-0.25, -0.2) is 0 Å². The van der Waals surface area contributed by atoms with Crippen molar-refractivity contribution in [2.75, 3.05) is 43.1 Å². The summed E-state index contributed by atoms with van der Waals surface area (Å²) in [6.07, 6.45) is 2.28. The minimum Gasteiger partial charge on any atom is -0.370 e. The zero-order valence-electron chi connectivity index (χ0n) is 16.2. The molecule has 27 heavy (non-hydrogen) atoms. The van der Waals surface area contributed by atoms with Crippen molar-refractivity contribution < 1.29 is 14.3 Å². The molecule has 148 valence electrons.